The van der Waals surface area contributed by atoms with Crippen LogP contribution in [-0.4, -0.2) is 36.3 Å². The van der Waals surface area contributed by atoms with Gasteiger partial charge < -0.3 is 4.74 Å². The number of rotatable bonds is 4. The molecule has 5 nitrogen and oxygen atoms in total. The monoisotopic (exact) mass is 339 g/mol. The van der Waals surface area contributed by atoms with E-state index in [1.54, 1.807) is 24.3 Å². The second kappa shape index (κ2) is 6.68. The predicted molar refractivity (Wildman–Crippen MR) is 88.2 cm³/mol. The van der Waals surface area contributed by atoms with E-state index in [1.165, 1.54) is 37.5 Å². The van der Waals surface area contributed by atoms with Gasteiger partial charge in [0.25, 0.3) is 11.8 Å². The molecule has 0 atom stereocenters. The number of benzene rings is 2. The second-order valence-electron chi connectivity index (χ2n) is 5.45. The van der Waals surface area contributed by atoms with Gasteiger partial charge in [-0.2, -0.15) is 0 Å². The number of methoxy groups -OCH3 is 1. The summed E-state index contributed by atoms with van der Waals surface area (Å²) in [5.74, 6) is -2.00. The van der Waals surface area contributed by atoms with Crippen LogP contribution in [-0.2, 0) is 9.53 Å². The highest BCUT2D eigenvalue weighted by molar-refractivity contribution is 6.21. The summed E-state index contributed by atoms with van der Waals surface area (Å²) in [4.78, 5) is 37.9. The number of nitrogens with zero attached hydrogens (tertiary/aromatic N) is 1. The van der Waals surface area contributed by atoms with Crippen LogP contribution in [0.15, 0.2) is 54.1 Å². The maximum Gasteiger partial charge on any atom is 0.335 e. The van der Waals surface area contributed by atoms with Crippen LogP contribution in [0, 0.1) is 5.82 Å². The molecule has 3 rings (SSSR count). The summed E-state index contributed by atoms with van der Waals surface area (Å²) in [6.45, 7) is -0.226. The Balaban J connectivity index is 1.92. The van der Waals surface area contributed by atoms with Crippen LogP contribution in [0.25, 0.3) is 6.08 Å². The number of fused-ring (bicyclic) bond motifs is 1. The average molecular weight is 339 g/mol. The minimum Gasteiger partial charge on any atom is -0.466 e. The summed E-state index contributed by atoms with van der Waals surface area (Å²) in [6, 6.07) is 12.0. The molecule has 0 aliphatic carbocycles. The quantitative estimate of drug-likeness (QED) is 0.488. The molecular weight excluding hydrogens is 325 g/mol. The first-order valence-corrected chi connectivity index (χ1v) is 7.51. The van der Waals surface area contributed by atoms with Gasteiger partial charge in [0, 0.05) is 0 Å². The molecule has 2 aromatic carbocycles. The molecule has 0 saturated heterocycles. The Morgan fingerprint density at radius 3 is 2.12 bits per heavy atom. The van der Waals surface area contributed by atoms with Gasteiger partial charge in [0.2, 0.25) is 0 Å². The van der Waals surface area contributed by atoms with E-state index >= 15 is 0 Å². The lowest BCUT2D eigenvalue weighted by Gasteiger charge is -2.15. The maximum atomic E-state index is 13.0. The van der Waals surface area contributed by atoms with Crippen LogP contribution in [0.2, 0.25) is 0 Å². The fourth-order valence-corrected chi connectivity index (χ4v) is 2.61. The number of ether oxygens (including phenoxy) is 1. The Morgan fingerprint density at radius 2 is 1.60 bits per heavy atom. The van der Waals surface area contributed by atoms with Crippen molar-refractivity contribution in [1.82, 2.24) is 4.90 Å². The summed E-state index contributed by atoms with van der Waals surface area (Å²) < 4.78 is 17.8. The fraction of sp³-hybridized carbons (Fsp3) is 0.105. The molecule has 1 aliphatic heterocycles. The van der Waals surface area contributed by atoms with E-state index in [0.717, 1.165) is 4.90 Å². The Bertz CT molecular complexity index is 852. The maximum absolute atomic E-state index is 13.0. The number of esters is 1. The van der Waals surface area contributed by atoms with Crippen molar-refractivity contribution >= 4 is 23.9 Å². The van der Waals surface area contributed by atoms with Crippen LogP contribution in [0.1, 0.15) is 26.3 Å². The molecule has 0 bridgehead atoms. The first kappa shape index (κ1) is 16.6. The molecule has 6 heteroatoms. The predicted octanol–water partition coefficient (Wildman–Crippen LogP) is 2.68. The largest absolute Gasteiger partial charge is 0.466 e. The van der Waals surface area contributed by atoms with E-state index in [-0.39, 0.29) is 12.1 Å². The van der Waals surface area contributed by atoms with Crippen LogP contribution in [0.4, 0.5) is 4.39 Å². The fourth-order valence-electron chi connectivity index (χ4n) is 2.61. The third-order valence-corrected chi connectivity index (χ3v) is 3.87. The number of carbonyl (C=O) groups excluding carboxylic acids is 3. The highest BCUT2D eigenvalue weighted by Gasteiger charge is 2.36. The number of hydrogen-bond donors (Lipinski definition) is 0. The smallest absolute Gasteiger partial charge is 0.335 e. The van der Waals surface area contributed by atoms with Crippen molar-refractivity contribution < 1.29 is 23.5 Å². The molecule has 0 radical (unpaired) electrons. The number of hydrogen-bond acceptors (Lipinski definition) is 4. The number of amides is 2. The molecule has 0 unspecified atom stereocenters. The van der Waals surface area contributed by atoms with E-state index in [2.05, 4.69) is 0 Å². The second-order valence-corrected chi connectivity index (χ2v) is 5.45. The van der Waals surface area contributed by atoms with E-state index in [9.17, 15) is 18.8 Å². The Kier molecular flexibility index (Phi) is 4.43. The average Bonchev–Trinajstić information content (AvgIpc) is 2.87. The standard InChI is InChI=1S/C19H14FNO4/c1-25-19(24)13(10-12-6-8-14(20)9-7-12)11-21-17(22)15-4-2-3-5-16(15)18(21)23/h2-10H,11H2,1H3/b13-10-. The van der Waals surface area contributed by atoms with Gasteiger partial charge in [0.15, 0.2) is 0 Å². The lowest BCUT2D eigenvalue weighted by molar-refractivity contribution is -0.136. The van der Waals surface area contributed by atoms with Crippen molar-refractivity contribution in [2.24, 2.45) is 0 Å². The number of halogens is 1. The lowest BCUT2D eigenvalue weighted by atomic mass is 10.1. The van der Waals surface area contributed by atoms with Gasteiger partial charge in [-0.25, -0.2) is 9.18 Å². The van der Waals surface area contributed by atoms with Crippen molar-refractivity contribution in [2.45, 2.75) is 0 Å². The third-order valence-electron chi connectivity index (χ3n) is 3.87. The minimum atomic E-state index is -0.666. The molecular formula is C19H14FNO4. The van der Waals surface area contributed by atoms with Gasteiger partial charge in [-0.3, -0.25) is 14.5 Å². The molecule has 1 aliphatic rings. The molecule has 0 spiro atoms. The summed E-state index contributed by atoms with van der Waals surface area (Å²) in [5.41, 5.74) is 1.28. The zero-order chi connectivity index (χ0) is 18.0. The summed E-state index contributed by atoms with van der Waals surface area (Å²) in [7, 11) is 1.21. The number of carbonyl (C=O) groups is 3. The number of imide groups is 1. The molecule has 2 amide bonds. The Hall–Kier alpha value is -3.28. The molecule has 0 aromatic heterocycles. The molecule has 2 aromatic rings. The van der Waals surface area contributed by atoms with Crippen LogP contribution in [0.5, 0.6) is 0 Å². The van der Waals surface area contributed by atoms with Crippen molar-refractivity contribution in [3.05, 3.63) is 76.6 Å². The minimum absolute atomic E-state index is 0.114. The molecule has 0 fully saturated rings. The van der Waals surface area contributed by atoms with Crippen molar-refractivity contribution in [1.29, 1.82) is 0 Å². The van der Waals surface area contributed by atoms with E-state index < -0.39 is 23.6 Å². The van der Waals surface area contributed by atoms with Crippen LogP contribution < -0.4 is 0 Å². The van der Waals surface area contributed by atoms with Gasteiger partial charge in [0.05, 0.1) is 30.4 Å². The highest BCUT2D eigenvalue weighted by atomic mass is 19.1. The lowest BCUT2D eigenvalue weighted by Crippen LogP contribution is -2.33. The van der Waals surface area contributed by atoms with E-state index in [0.29, 0.717) is 16.7 Å². The van der Waals surface area contributed by atoms with Crippen LogP contribution >= 0.6 is 0 Å². The first-order valence-electron chi connectivity index (χ1n) is 7.51. The zero-order valence-electron chi connectivity index (χ0n) is 13.4. The molecule has 0 N–H and O–H groups in total. The van der Waals surface area contributed by atoms with Crippen molar-refractivity contribution in [3.63, 3.8) is 0 Å². The summed E-state index contributed by atoms with van der Waals surface area (Å²) in [5, 5.41) is 0. The highest BCUT2D eigenvalue weighted by Crippen LogP contribution is 2.24. The molecule has 25 heavy (non-hydrogen) atoms. The first-order chi connectivity index (χ1) is 12.0. The van der Waals surface area contributed by atoms with Gasteiger partial charge in [0.1, 0.15) is 5.82 Å². The normalized spacial score (nSPS) is 13.8. The van der Waals surface area contributed by atoms with Gasteiger partial charge >= 0.3 is 5.97 Å². The summed E-state index contributed by atoms with van der Waals surface area (Å²) in [6.07, 6.45) is 1.47. The van der Waals surface area contributed by atoms with E-state index in [4.69, 9.17) is 4.74 Å². The third kappa shape index (κ3) is 3.19. The molecule has 0 saturated carbocycles. The topological polar surface area (TPSA) is 63.7 Å². The SMILES string of the molecule is COC(=O)/C(=C\c1ccc(F)cc1)CN1C(=O)c2ccccc2C1=O. The zero-order valence-corrected chi connectivity index (χ0v) is 13.4. The van der Waals surface area contributed by atoms with E-state index in [1.807, 2.05) is 0 Å². The Morgan fingerprint density at radius 1 is 1.04 bits per heavy atom. The van der Waals surface area contributed by atoms with Gasteiger partial charge in [-0.1, -0.05) is 24.3 Å². The van der Waals surface area contributed by atoms with Crippen molar-refractivity contribution in [2.75, 3.05) is 13.7 Å². The van der Waals surface area contributed by atoms with Crippen LogP contribution in [0.3, 0.4) is 0 Å². The van der Waals surface area contributed by atoms with Crippen molar-refractivity contribution in [3.8, 4) is 0 Å². The van der Waals surface area contributed by atoms with Gasteiger partial charge in [-0.15, -0.1) is 0 Å². The summed E-state index contributed by atoms with van der Waals surface area (Å²) >= 11 is 0. The molecule has 1 heterocycles. The van der Waals surface area contributed by atoms with Gasteiger partial charge in [-0.05, 0) is 35.9 Å². The molecule has 126 valence electrons. The Labute approximate surface area is 143 Å².